The summed E-state index contributed by atoms with van der Waals surface area (Å²) in [6.45, 7) is 5.54. The van der Waals surface area contributed by atoms with Crippen LogP contribution in [-0.4, -0.2) is 24.6 Å². The van der Waals surface area contributed by atoms with Crippen LogP contribution < -0.4 is 15.8 Å². The lowest BCUT2D eigenvalue weighted by atomic mass is 10.2. The number of halogens is 3. The summed E-state index contributed by atoms with van der Waals surface area (Å²) in [7, 11) is 0. The van der Waals surface area contributed by atoms with Gasteiger partial charge in [0.05, 0.1) is 5.69 Å². The molecule has 0 aromatic heterocycles. The Hall–Kier alpha value is -2.56. The van der Waals surface area contributed by atoms with Crippen molar-refractivity contribution in [1.29, 1.82) is 0 Å². The summed E-state index contributed by atoms with van der Waals surface area (Å²) in [5.41, 5.74) is 5.20. The number of nitrogen functional groups attached to an aromatic ring is 1. The summed E-state index contributed by atoms with van der Waals surface area (Å²) in [5, 5.41) is 2.54. The van der Waals surface area contributed by atoms with Crippen LogP contribution in [0.3, 0.4) is 0 Å². The van der Waals surface area contributed by atoms with Gasteiger partial charge in [0.1, 0.15) is 5.60 Å². The molecule has 0 bridgehead atoms. The highest BCUT2D eigenvalue weighted by atomic mass is 19.4. The lowest BCUT2D eigenvalue weighted by Gasteiger charge is -2.19. The molecule has 0 aliphatic carbocycles. The lowest BCUT2D eigenvalue weighted by molar-refractivity contribution is -0.274. The largest absolute Gasteiger partial charge is 0.573 e. The molecule has 24 heavy (non-hydrogen) atoms. The van der Waals surface area contributed by atoms with E-state index in [0.717, 1.165) is 6.07 Å². The number of alkyl halides is 3. The second kappa shape index (κ2) is 7.81. The third-order valence-corrected chi connectivity index (χ3v) is 2.39. The molecule has 132 valence electrons. The Morgan fingerprint density at radius 3 is 2.50 bits per heavy atom. The molecule has 5 nitrogen and oxygen atoms in total. The number of rotatable bonds is 3. The zero-order valence-electron chi connectivity index (χ0n) is 13.6. The molecule has 0 spiro atoms. The average molecular weight is 344 g/mol. The summed E-state index contributed by atoms with van der Waals surface area (Å²) < 4.78 is 45.2. The van der Waals surface area contributed by atoms with Crippen LogP contribution in [0.2, 0.25) is 0 Å². The van der Waals surface area contributed by atoms with E-state index < -0.39 is 23.8 Å². The molecule has 1 amide bonds. The maximum absolute atomic E-state index is 12.1. The van der Waals surface area contributed by atoms with Gasteiger partial charge in [-0.15, -0.1) is 13.2 Å². The van der Waals surface area contributed by atoms with Crippen molar-refractivity contribution in [1.82, 2.24) is 5.32 Å². The van der Waals surface area contributed by atoms with Crippen LogP contribution in [0, 0.1) is 11.8 Å². The van der Waals surface area contributed by atoms with Crippen molar-refractivity contribution in [2.45, 2.75) is 39.2 Å². The first-order chi connectivity index (χ1) is 11.0. The van der Waals surface area contributed by atoms with Crippen LogP contribution in [0.25, 0.3) is 0 Å². The van der Waals surface area contributed by atoms with Crippen molar-refractivity contribution in [3.8, 4) is 17.6 Å². The Bertz CT molecular complexity index is 641. The number of benzene rings is 1. The number of nitrogens with two attached hydrogens (primary N) is 1. The lowest BCUT2D eigenvalue weighted by Crippen LogP contribution is -2.32. The number of nitrogens with one attached hydrogen (secondary N) is 1. The molecule has 1 aromatic carbocycles. The molecule has 0 radical (unpaired) electrons. The van der Waals surface area contributed by atoms with Gasteiger partial charge in [0.2, 0.25) is 0 Å². The minimum absolute atomic E-state index is 0.161. The molecule has 0 saturated carbocycles. The highest BCUT2D eigenvalue weighted by Crippen LogP contribution is 2.28. The normalized spacial score (nSPS) is 11.2. The van der Waals surface area contributed by atoms with Gasteiger partial charge in [-0.05, 0) is 39.0 Å². The molecule has 0 atom stereocenters. The number of anilines is 1. The van der Waals surface area contributed by atoms with Gasteiger partial charge in [-0.25, -0.2) is 4.79 Å². The molecular weight excluding hydrogens is 325 g/mol. The summed E-state index contributed by atoms with van der Waals surface area (Å²) in [5.74, 6) is 5.04. The maximum Gasteiger partial charge on any atom is 0.573 e. The zero-order chi connectivity index (χ0) is 18.4. The fraction of sp³-hybridized carbons (Fsp3) is 0.438. The van der Waals surface area contributed by atoms with Gasteiger partial charge in [-0.2, -0.15) is 0 Å². The molecular formula is C16H19F3N2O3. The first-order valence-electron chi connectivity index (χ1n) is 7.07. The molecule has 8 heteroatoms. The van der Waals surface area contributed by atoms with Crippen molar-refractivity contribution in [2.24, 2.45) is 0 Å². The highest BCUT2D eigenvalue weighted by molar-refractivity contribution is 5.67. The van der Waals surface area contributed by atoms with Crippen molar-refractivity contribution >= 4 is 11.8 Å². The van der Waals surface area contributed by atoms with E-state index in [1.54, 1.807) is 20.8 Å². The fourth-order valence-corrected chi connectivity index (χ4v) is 1.55. The summed E-state index contributed by atoms with van der Waals surface area (Å²) in [4.78, 5) is 11.4. The molecule has 0 aliphatic rings. The number of alkyl carbamates (subject to hydrolysis) is 1. The minimum atomic E-state index is -4.80. The van der Waals surface area contributed by atoms with E-state index in [4.69, 9.17) is 10.5 Å². The molecule has 0 fully saturated rings. The summed E-state index contributed by atoms with van der Waals surface area (Å²) >= 11 is 0. The van der Waals surface area contributed by atoms with E-state index in [0.29, 0.717) is 12.0 Å². The zero-order valence-corrected chi connectivity index (χ0v) is 13.6. The topological polar surface area (TPSA) is 73.6 Å². The molecule has 3 N–H and O–H groups in total. The van der Waals surface area contributed by atoms with Gasteiger partial charge in [0.25, 0.3) is 0 Å². The molecule has 0 aliphatic heterocycles. The molecule has 0 unspecified atom stereocenters. The SMILES string of the molecule is CC(C)(C)OC(=O)NCCC#Cc1ccc(OC(F)(F)F)c(N)c1. The predicted molar refractivity (Wildman–Crippen MR) is 83.3 cm³/mol. The second-order valence-electron chi connectivity index (χ2n) is 5.78. The number of carbonyl (C=O) groups excluding carboxylic acids is 1. The quantitative estimate of drug-likeness (QED) is 0.500. The Kier molecular flexibility index (Phi) is 6.35. The van der Waals surface area contributed by atoms with Gasteiger partial charge in [0.15, 0.2) is 5.75 Å². The van der Waals surface area contributed by atoms with Gasteiger partial charge in [-0.3, -0.25) is 0 Å². The van der Waals surface area contributed by atoms with E-state index in [-0.39, 0.29) is 12.2 Å². The third-order valence-electron chi connectivity index (χ3n) is 2.39. The van der Waals surface area contributed by atoms with Crippen molar-refractivity contribution in [3.63, 3.8) is 0 Å². The molecule has 0 saturated heterocycles. The maximum atomic E-state index is 12.1. The molecule has 1 rings (SSSR count). The van der Waals surface area contributed by atoms with E-state index in [1.165, 1.54) is 12.1 Å². The van der Waals surface area contributed by atoms with Crippen LogP contribution in [0.4, 0.5) is 23.7 Å². The summed E-state index contributed by atoms with van der Waals surface area (Å²) in [6, 6.07) is 3.76. The molecule has 1 aromatic rings. The Morgan fingerprint density at radius 2 is 1.96 bits per heavy atom. The predicted octanol–water partition coefficient (Wildman–Crippen LogP) is 3.43. The number of ether oxygens (including phenoxy) is 2. The number of carbonyl (C=O) groups is 1. The van der Waals surface area contributed by atoms with E-state index in [9.17, 15) is 18.0 Å². The standard InChI is InChI=1S/C16H19F3N2O3/c1-15(2,3)24-14(22)21-9-5-4-6-11-7-8-13(12(20)10-11)23-16(17,18)19/h7-8,10H,5,9,20H2,1-3H3,(H,21,22). The van der Waals surface area contributed by atoms with Crippen LogP contribution in [0.1, 0.15) is 32.8 Å². The fourth-order valence-electron chi connectivity index (χ4n) is 1.55. The van der Waals surface area contributed by atoms with Crippen LogP contribution in [0.5, 0.6) is 5.75 Å². The average Bonchev–Trinajstić information content (AvgIpc) is 2.38. The van der Waals surface area contributed by atoms with E-state index in [2.05, 4.69) is 21.9 Å². The first kappa shape index (κ1) is 19.5. The Morgan fingerprint density at radius 1 is 1.29 bits per heavy atom. The highest BCUT2D eigenvalue weighted by Gasteiger charge is 2.31. The van der Waals surface area contributed by atoms with Gasteiger partial charge >= 0.3 is 12.5 Å². The first-order valence-corrected chi connectivity index (χ1v) is 7.07. The minimum Gasteiger partial charge on any atom is -0.444 e. The van der Waals surface area contributed by atoms with Gasteiger partial charge < -0.3 is 20.5 Å². The Labute approximate surface area is 138 Å². The third kappa shape index (κ3) is 8.17. The van der Waals surface area contributed by atoms with E-state index in [1.807, 2.05) is 0 Å². The van der Waals surface area contributed by atoms with Crippen molar-refractivity contribution < 1.29 is 27.4 Å². The van der Waals surface area contributed by atoms with Crippen LogP contribution in [0.15, 0.2) is 18.2 Å². The van der Waals surface area contributed by atoms with Gasteiger partial charge in [-0.1, -0.05) is 11.8 Å². The second-order valence-corrected chi connectivity index (χ2v) is 5.78. The molecule has 0 heterocycles. The number of amides is 1. The Balaban J connectivity index is 2.50. The summed E-state index contributed by atoms with van der Waals surface area (Å²) in [6.07, 6.45) is -4.99. The van der Waals surface area contributed by atoms with Crippen LogP contribution >= 0.6 is 0 Å². The van der Waals surface area contributed by atoms with Gasteiger partial charge in [0, 0.05) is 18.5 Å². The smallest absolute Gasteiger partial charge is 0.444 e. The van der Waals surface area contributed by atoms with Crippen molar-refractivity contribution in [3.05, 3.63) is 23.8 Å². The number of hydrogen-bond acceptors (Lipinski definition) is 4. The van der Waals surface area contributed by atoms with E-state index >= 15 is 0 Å². The van der Waals surface area contributed by atoms with Crippen molar-refractivity contribution in [2.75, 3.05) is 12.3 Å². The van der Waals surface area contributed by atoms with Crippen LogP contribution in [-0.2, 0) is 4.74 Å². The number of hydrogen-bond donors (Lipinski definition) is 2. The monoisotopic (exact) mass is 344 g/mol.